The van der Waals surface area contributed by atoms with Gasteiger partial charge in [0.1, 0.15) is 4.32 Å². The standard InChI is InChI=1S/C10H17BrO2/c1-4-13-8(12)10(3,11)7-9(2)5-6-9/h4-7H2,1-3H3. The molecule has 0 aromatic carbocycles. The molecule has 1 unspecified atom stereocenters. The maximum absolute atomic E-state index is 11.5. The SMILES string of the molecule is CCOC(=O)C(C)(Br)CC1(C)CC1. The summed E-state index contributed by atoms with van der Waals surface area (Å²) in [5.41, 5.74) is 0.366. The van der Waals surface area contributed by atoms with Crippen LogP contribution in [-0.4, -0.2) is 16.9 Å². The van der Waals surface area contributed by atoms with Crippen LogP contribution in [0.4, 0.5) is 0 Å². The first-order valence-electron chi connectivity index (χ1n) is 4.76. The number of hydrogen-bond donors (Lipinski definition) is 0. The predicted octanol–water partition coefficient (Wildman–Crippen LogP) is 2.89. The fourth-order valence-corrected chi connectivity index (χ4v) is 2.34. The molecule has 0 aromatic heterocycles. The summed E-state index contributed by atoms with van der Waals surface area (Å²) in [6.07, 6.45) is 3.33. The minimum Gasteiger partial charge on any atom is -0.465 e. The van der Waals surface area contributed by atoms with E-state index in [-0.39, 0.29) is 5.97 Å². The van der Waals surface area contributed by atoms with E-state index in [0.717, 1.165) is 6.42 Å². The van der Waals surface area contributed by atoms with Gasteiger partial charge in [-0.2, -0.15) is 0 Å². The summed E-state index contributed by atoms with van der Waals surface area (Å²) in [6.45, 7) is 6.40. The lowest BCUT2D eigenvalue weighted by molar-refractivity contribution is -0.145. The normalized spacial score (nSPS) is 23.4. The van der Waals surface area contributed by atoms with Crippen LogP contribution in [0.15, 0.2) is 0 Å². The molecule has 2 nitrogen and oxygen atoms in total. The van der Waals surface area contributed by atoms with E-state index in [9.17, 15) is 4.79 Å². The Hall–Kier alpha value is -0.0500. The van der Waals surface area contributed by atoms with Gasteiger partial charge in [-0.25, -0.2) is 0 Å². The molecule has 1 rings (SSSR count). The Kier molecular flexibility index (Phi) is 3.05. The number of carbonyl (C=O) groups is 1. The molecule has 0 N–H and O–H groups in total. The van der Waals surface area contributed by atoms with Gasteiger partial charge in [-0.3, -0.25) is 4.79 Å². The molecule has 1 aliphatic rings. The number of alkyl halides is 1. The van der Waals surface area contributed by atoms with Gasteiger partial charge in [-0.05, 0) is 38.5 Å². The Labute approximate surface area is 88.2 Å². The zero-order chi connectivity index (χ0) is 10.1. The van der Waals surface area contributed by atoms with Crippen LogP contribution in [0.3, 0.4) is 0 Å². The van der Waals surface area contributed by atoms with Gasteiger partial charge in [0.15, 0.2) is 0 Å². The molecular weight excluding hydrogens is 232 g/mol. The number of carbonyl (C=O) groups excluding carboxylic acids is 1. The quantitative estimate of drug-likeness (QED) is 0.565. The maximum Gasteiger partial charge on any atom is 0.322 e. The lowest BCUT2D eigenvalue weighted by Crippen LogP contribution is -2.32. The lowest BCUT2D eigenvalue weighted by Gasteiger charge is -2.23. The van der Waals surface area contributed by atoms with Gasteiger partial charge >= 0.3 is 5.97 Å². The summed E-state index contributed by atoms with van der Waals surface area (Å²) in [6, 6.07) is 0. The van der Waals surface area contributed by atoms with E-state index in [0.29, 0.717) is 12.0 Å². The Morgan fingerprint density at radius 1 is 1.62 bits per heavy atom. The van der Waals surface area contributed by atoms with Gasteiger partial charge in [0.25, 0.3) is 0 Å². The monoisotopic (exact) mass is 248 g/mol. The minimum atomic E-state index is -0.492. The average molecular weight is 249 g/mol. The van der Waals surface area contributed by atoms with Crippen molar-refractivity contribution in [3.63, 3.8) is 0 Å². The molecule has 1 aliphatic carbocycles. The van der Waals surface area contributed by atoms with Crippen molar-refractivity contribution in [3.05, 3.63) is 0 Å². The summed E-state index contributed by atoms with van der Waals surface area (Å²) in [5.74, 6) is -0.136. The van der Waals surface area contributed by atoms with E-state index >= 15 is 0 Å². The van der Waals surface area contributed by atoms with Crippen LogP contribution < -0.4 is 0 Å². The largest absolute Gasteiger partial charge is 0.465 e. The Bertz CT molecular complexity index is 207. The molecule has 0 spiro atoms. The number of esters is 1. The van der Waals surface area contributed by atoms with Gasteiger partial charge in [-0.1, -0.05) is 22.9 Å². The lowest BCUT2D eigenvalue weighted by atomic mass is 9.95. The third-order valence-electron chi connectivity index (χ3n) is 2.56. The summed E-state index contributed by atoms with van der Waals surface area (Å²) >= 11 is 3.45. The van der Waals surface area contributed by atoms with Crippen LogP contribution in [0.25, 0.3) is 0 Å². The van der Waals surface area contributed by atoms with E-state index in [1.54, 1.807) is 0 Å². The molecule has 1 atom stereocenters. The number of halogens is 1. The topological polar surface area (TPSA) is 26.3 Å². The van der Waals surface area contributed by atoms with Crippen molar-refractivity contribution < 1.29 is 9.53 Å². The molecule has 0 radical (unpaired) electrons. The zero-order valence-electron chi connectivity index (χ0n) is 8.52. The molecule has 3 heteroatoms. The number of ether oxygens (including phenoxy) is 1. The third kappa shape index (κ3) is 2.97. The zero-order valence-corrected chi connectivity index (χ0v) is 10.1. The molecule has 1 fully saturated rings. The highest BCUT2D eigenvalue weighted by atomic mass is 79.9. The first-order chi connectivity index (χ1) is 5.90. The molecule has 13 heavy (non-hydrogen) atoms. The van der Waals surface area contributed by atoms with E-state index in [4.69, 9.17) is 4.74 Å². The van der Waals surface area contributed by atoms with E-state index in [1.807, 2.05) is 13.8 Å². The molecule has 0 amide bonds. The fraction of sp³-hybridized carbons (Fsp3) is 0.900. The second-order valence-electron chi connectivity index (χ2n) is 4.41. The van der Waals surface area contributed by atoms with Gasteiger partial charge in [-0.15, -0.1) is 0 Å². The maximum atomic E-state index is 11.5. The number of hydrogen-bond acceptors (Lipinski definition) is 2. The van der Waals surface area contributed by atoms with Crippen LogP contribution in [0.5, 0.6) is 0 Å². The molecule has 0 saturated heterocycles. The summed E-state index contributed by atoms with van der Waals surface area (Å²) in [5, 5.41) is 0. The summed E-state index contributed by atoms with van der Waals surface area (Å²) in [7, 11) is 0. The van der Waals surface area contributed by atoms with Crippen molar-refractivity contribution in [2.75, 3.05) is 6.61 Å². The molecular formula is C10H17BrO2. The minimum absolute atomic E-state index is 0.136. The molecule has 0 heterocycles. The van der Waals surface area contributed by atoms with Crippen molar-refractivity contribution in [2.24, 2.45) is 5.41 Å². The predicted molar refractivity (Wildman–Crippen MR) is 55.9 cm³/mol. The first-order valence-corrected chi connectivity index (χ1v) is 5.55. The Balaban J connectivity index is 2.48. The van der Waals surface area contributed by atoms with Gasteiger partial charge in [0.05, 0.1) is 6.61 Å². The van der Waals surface area contributed by atoms with Gasteiger partial charge in [0, 0.05) is 0 Å². The number of rotatable bonds is 4. The highest BCUT2D eigenvalue weighted by molar-refractivity contribution is 9.10. The van der Waals surface area contributed by atoms with Gasteiger partial charge < -0.3 is 4.74 Å². The van der Waals surface area contributed by atoms with Crippen LogP contribution >= 0.6 is 15.9 Å². The van der Waals surface area contributed by atoms with Crippen molar-refractivity contribution in [1.29, 1.82) is 0 Å². The summed E-state index contributed by atoms with van der Waals surface area (Å²) < 4.78 is 4.50. The van der Waals surface area contributed by atoms with Crippen molar-refractivity contribution >= 4 is 21.9 Å². The van der Waals surface area contributed by atoms with Crippen molar-refractivity contribution in [2.45, 2.75) is 44.4 Å². The molecule has 1 saturated carbocycles. The van der Waals surface area contributed by atoms with Crippen LogP contribution in [0, 0.1) is 5.41 Å². The first kappa shape index (κ1) is 11.0. The fourth-order valence-electron chi connectivity index (χ4n) is 1.55. The Morgan fingerprint density at radius 2 is 2.15 bits per heavy atom. The van der Waals surface area contributed by atoms with E-state index in [1.165, 1.54) is 12.8 Å². The smallest absolute Gasteiger partial charge is 0.322 e. The van der Waals surface area contributed by atoms with Gasteiger partial charge in [0.2, 0.25) is 0 Å². The third-order valence-corrected chi connectivity index (χ3v) is 3.17. The highest BCUT2D eigenvalue weighted by Gasteiger charge is 2.46. The molecule has 0 aliphatic heterocycles. The van der Waals surface area contributed by atoms with E-state index < -0.39 is 4.32 Å². The highest BCUT2D eigenvalue weighted by Crippen LogP contribution is 2.52. The molecule has 76 valence electrons. The van der Waals surface area contributed by atoms with Crippen molar-refractivity contribution in [1.82, 2.24) is 0 Å². The van der Waals surface area contributed by atoms with E-state index in [2.05, 4.69) is 22.9 Å². The second kappa shape index (κ2) is 3.60. The second-order valence-corrected chi connectivity index (χ2v) is 6.16. The van der Waals surface area contributed by atoms with Crippen LogP contribution in [0.1, 0.15) is 40.0 Å². The van der Waals surface area contributed by atoms with Crippen molar-refractivity contribution in [3.8, 4) is 0 Å². The van der Waals surface area contributed by atoms with Crippen LogP contribution in [-0.2, 0) is 9.53 Å². The molecule has 0 bridgehead atoms. The van der Waals surface area contributed by atoms with Crippen LogP contribution in [0.2, 0.25) is 0 Å². The summed E-state index contributed by atoms with van der Waals surface area (Å²) in [4.78, 5) is 11.5. The average Bonchev–Trinajstić information content (AvgIpc) is 2.67. The molecule has 0 aromatic rings. The Morgan fingerprint density at radius 3 is 2.54 bits per heavy atom.